The highest BCUT2D eigenvalue weighted by Gasteiger charge is 2.21. The lowest BCUT2D eigenvalue weighted by atomic mass is 10.0. The average Bonchev–Trinajstić information content (AvgIpc) is 2.38. The molecule has 3 N–H and O–H groups in total. The zero-order chi connectivity index (χ0) is 13.2. The van der Waals surface area contributed by atoms with Crippen molar-refractivity contribution in [3.8, 4) is 5.75 Å². The van der Waals surface area contributed by atoms with Crippen molar-refractivity contribution in [2.24, 2.45) is 0 Å². The molecule has 1 aromatic carbocycles. The molecule has 2 heterocycles. The highest BCUT2D eigenvalue weighted by atomic mass is 16.5. The van der Waals surface area contributed by atoms with Crippen molar-refractivity contribution in [1.82, 2.24) is 9.97 Å². The van der Waals surface area contributed by atoms with Gasteiger partial charge in [0.25, 0.3) is 0 Å². The molecule has 0 bridgehead atoms. The van der Waals surface area contributed by atoms with E-state index in [1.165, 1.54) is 0 Å². The number of aryl methyl sites for hydroxylation is 1. The molecular weight excluding hydrogens is 240 g/mol. The van der Waals surface area contributed by atoms with E-state index in [1.807, 2.05) is 25.1 Å². The second-order valence-corrected chi connectivity index (χ2v) is 4.60. The second-order valence-electron chi connectivity index (χ2n) is 4.60. The van der Waals surface area contributed by atoms with Crippen LogP contribution in [-0.2, 0) is 0 Å². The van der Waals surface area contributed by atoms with E-state index >= 15 is 0 Å². The van der Waals surface area contributed by atoms with Crippen LogP contribution < -0.4 is 15.8 Å². The maximum absolute atomic E-state index is 5.74. The molecule has 1 atom stereocenters. The Kier molecular flexibility index (Phi) is 2.95. The minimum absolute atomic E-state index is 0.193. The van der Waals surface area contributed by atoms with Crippen molar-refractivity contribution in [2.75, 3.05) is 17.7 Å². The van der Waals surface area contributed by atoms with Crippen molar-refractivity contribution in [2.45, 2.75) is 19.4 Å². The van der Waals surface area contributed by atoms with Crippen LogP contribution in [0.1, 0.15) is 23.9 Å². The average molecular weight is 256 g/mol. The van der Waals surface area contributed by atoms with Crippen LogP contribution in [0.25, 0.3) is 0 Å². The van der Waals surface area contributed by atoms with Crippen LogP contribution in [0.3, 0.4) is 0 Å². The number of aromatic nitrogens is 2. The Hall–Kier alpha value is -2.30. The molecule has 5 heteroatoms. The van der Waals surface area contributed by atoms with Gasteiger partial charge in [-0.2, -0.15) is 0 Å². The maximum atomic E-state index is 5.74. The predicted molar refractivity (Wildman–Crippen MR) is 74.1 cm³/mol. The summed E-state index contributed by atoms with van der Waals surface area (Å²) in [6.45, 7) is 2.54. The van der Waals surface area contributed by atoms with Crippen molar-refractivity contribution in [1.29, 1.82) is 0 Å². The Morgan fingerprint density at radius 2 is 2.16 bits per heavy atom. The standard InChI is InChI=1S/C14H16N4O/c1-9-16-13(15)8-14(17-9)18-11-6-7-19-12-5-3-2-4-10(11)12/h2-5,8,11H,6-7H2,1H3,(H3,15,16,17,18). The molecule has 0 fully saturated rings. The fourth-order valence-electron chi connectivity index (χ4n) is 2.34. The molecule has 1 aliphatic rings. The Balaban J connectivity index is 1.88. The smallest absolute Gasteiger partial charge is 0.132 e. The summed E-state index contributed by atoms with van der Waals surface area (Å²) in [4.78, 5) is 8.43. The van der Waals surface area contributed by atoms with Gasteiger partial charge in [0.15, 0.2) is 0 Å². The fourth-order valence-corrected chi connectivity index (χ4v) is 2.34. The minimum Gasteiger partial charge on any atom is -0.493 e. The number of rotatable bonds is 2. The first kappa shape index (κ1) is 11.8. The molecule has 0 saturated heterocycles. The minimum atomic E-state index is 0.193. The van der Waals surface area contributed by atoms with Gasteiger partial charge < -0.3 is 15.8 Å². The molecule has 2 aromatic rings. The number of nitrogen functional groups attached to an aromatic ring is 1. The second kappa shape index (κ2) is 4.76. The fraction of sp³-hybridized carbons (Fsp3) is 0.286. The molecule has 1 unspecified atom stereocenters. The summed E-state index contributed by atoms with van der Waals surface area (Å²) < 4.78 is 5.64. The SMILES string of the molecule is Cc1nc(N)cc(NC2CCOc3ccccc32)n1. The van der Waals surface area contributed by atoms with E-state index in [4.69, 9.17) is 10.5 Å². The van der Waals surface area contributed by atoms with E-state index in [0.29, 0.717) is 18.2 Å². The third-order valence-electron chi connectivity index (χ3n) is 3.14. The Morgan fingerprint density at radius 1 is 1.32 bits per heavy atom. The quantitative estimate of drug-likeness (QED) is 0.862. The molecule has 1 aromatic heterocycles. The highest BCUT2D eigenvalue weighted by molar-refractivity contribution is 5.48. The summed E-state index contributed by atoms with van der Waals surface area (Å²) in [5, 5.41) is 3.41. The molecular formula is C14H16N4O. The van der Waals surface area contributed by atoms with Gasteiger partial charge in [-0.05, 0) is 13.0 Å². The monoisotopic (exact) mass is 256 g/mol. The number of benzene rings is 1. The van der Waals surface area contributed by atoms with E-state index in [-0.39, 0.29) is 6.04 Å². The predicted octanol–water partition coefficient (Wildman–Crippen LogP) is 2.30. The van der Waals surface area contributed by atoms with Crippen LogP contribution in [0.15, 0.2) is 30.3 Å². The number of nitrogens with two attached hydrogens (primary N) is 1. The number of nitrogens with zero attached hydrogens (tertiary/aromatic N) is 2. The van der Waals surface area contributed by atoms with E-state index in [9.17, 15) is 0 Å². The van der Waals surface area contributed by atoms with Gasteiger partial charge in [0.2, 0.25) is 0 Å². The van der Waals surface area contributed by atoms with E-state index in [1.54, 1.807) is 6.07 Å². The summed E-state index contributed by atoms with van der Waals surface area (Å²) in [5.74, 6) is 2.84. The first-order chi connectivity index (χ1) is 9.22. The van der Waals surface area contributed by atoms with Crippen LogP contribution in [0.5, 0.6) is 5.75 Å². The Labute approximate surface area is 111 Å². The number of ether oxygens (including phenoxy) is 1. The number of hydrogen-bond acceptors (Lipinski definition) is 5. The molecule has 0 radical (unpaired) electrons. The van der Waals surface area contributed by atoms with Crippen molar-refractivity contribution < 1.29 is 4.74 Å². The van der Waals surface area contributed by atoms with Crippen LogP contribution in [0.2, 0.25) is 0 Å². The number of hydrogen-bond donors (Lipinski definition) is 2. The molecule has 5 nitrogen and oxygen atoms in total. The molecule has 0 spiro atoms. The molecule has 1 aliphatic heterocycles. The third kappa shape index (κ3) is 2.45. The van der Waals surface area contributed by atoms with Gasteiger partial charge in [-0.25, -0.2) is 9.97 Å². The lowest BCUT2D eigenvalue weighted by Gasteiger charge is -2.27. The lowest BCUT2D eigenvalue weighted by Crippen LogP contribution is -2.21. The zero-order valence-corrected chi connectivity index (χ0v) is 10.8. The first-order valence-electron chi connectivity index (χ1n) is 6.32. The summed E-state index contributed by atoms with van der Waals surface area (Å²) in [6, 6.07) is 10.0. The number of fused-ring (bicyclic) bond motifs is 1. The summed E-state index contributed by atoms with van der Waals surface area (Å²) in [6.07, 6.45) is 0.903. The molecule has 0 aliphatic carbocycles. The van der Waals surface area contributed by atoms with Crippen LogP contribution in [0.4, 0.5) is 11.6 Å². The zero-order valence-electron chi connectivity index (χ0n) is 10.8. The van der Waals surface area contributed by atoms with Gasteiger partial charge in [-0.15, -0.1) is 0 Å². The molecule has 0 saturated carbocycles. The normalized spacial score (nSPS) is 17.4. The topological polar surface area (TPSA) is 73.1 Å². The van der Waals surface area contributed by atoms with Crippen LogP contribution >= 0.6 is 0 Å². The molecule has 19 heavy (non-hydrogen) atoms. The van der Waals surface area contributed by atoms with Crippen LogP contribution in [-0.4, -0.2) is 16.6 Å². The van der Waals surface area contributed by atoms with Gasteiger partial charge in [0, 0.05) is 18.1 Å². The Morgan fingerprint density at radius 3 is 3.00 bits per heavy atom. The first-order valence-corrected chi connectivity index (χ1v) is 6.32. The third-order valence-corrected chi connectivity index (χ3v) is 3.14. The van der Waals surface area contributed by atoms with Crippen LogP contribution in [0, 0.1) is 6.92 Å². The number of para-hydroxylation sites is 1. The van der Waals surface area contributed by atoms with Gasteiger partial charge in [0.05, 0.1) is 12.6 Å². The van der Waals surface area contributed by atoms with E-state index in [0.717, 1.165) is 23.6 Å². The van der Waals surface area contributed by atoms with Gasteiger partial charge in [-0.1, -0.05) is 18.2 Å². The van der Waals surface area contributed by atoms with Crippen molar-refractivity contribution in [3.05, 3.63) is 41.7 Å². The van der Waals surface area contributed by atoms with Crippen molar-refractivity contribution >= 4 is 11.6 Å². The molecule has 3 rings (SSSR count). The number of anilines is 2. The van der Waals surface area contributed by atoms with Crippen molar-refractivity contribution in [3.63, 3.8) is 0 Å². The summed E-state index contributed by atoms with van der Waals surface area (Å²) in [5.41, 5.74) is 6.90. The van der Waals surface area contributed by atoms with Gasteiger partial charge in [0.1, 0.15) is 23.2 Å². The molecule has 0 amide bonds. The maximum Gasteiger partial charge on any atom is 0.132 e. The Bertz CT molecular complexity index is 579. The van der Waals surface area contributed by atoms with Gasteiger partial charge in [-0.3, -0.25) is 0 Å². The number of nitrogens with one attached hydrogen (secondary N) is 1. The molecule has 98 valence electrons. The summed E-state index contributed by atoms with van der Waals surface area (Å²) >= 11 is 0. The lowest BCUT2D eigenvalue weighted by molar-refractivity contribution is 0.274. The largest absolute Gasteiger partial charge is 0.493 e. The highest BCUT2D eigenvalue weighted by Crippen LogP contribution is 2.33. The van der Waals surface area contributed by atoms with Gasteiger partial charge >= 0.3 is 0 Å². The summed E-state index contributed by atoms with van der Waals surface area (Å²) in [7, 11) is 0. The van der Waals surface area contributed by atoms with E-state index in [2.05, 4.69) is 21.4 Å². The van der Waals surface area contributed by atoms with E-state index < -0.39 is 0 Å².